The summed E-state index contributed by atoms with van der Waals surface area (Å²) in [7, 11) is 0. The average molecular weight is 408 g/mol. The van der Waals surface area contributed by atoms with Crippen LogP contribution in [-0.4, -0.2) is 14.9 Å². The van der Waals surface area contributed by atoms with Crippen molar-refractivity contribution in [3.63, 3.8) is 0 Å². The Bertz CT molecular complexity index is 472. The van der Waals surface area contributed by atoms with Gasteiger partial charge >= 0.3 is 5.69 Å². The van der Waals surface area contributed by atoms with E-state index in [4.69, 9.17) is 0 Å². The van der Waals surface area contributed by atoms with E-state index in [1.165, 1.54) is 38.5 Å². The van der Waals surface area contributed by atoms with Crippen LogP contribution in [0.4, 0.5) is 0 Å². The number of halogens is 2. The van der Waals surface area contributed by atoms with Gasteiger partial charge in [-0.05, 0) is 42.6 Å². The average Bonchev–Trinajstić information content (AvgIpc) is 2.42. The van der Waals surface area contributed by atoms with Gasteiger partial charge in [0.1, 0.15) is 0 Å². The van der Waals surface area contributed by atoms with Crippen LogP contribution in [0, 0.1) is 13.8 Å². The number of hydrogen-bond acceptors (Lipinski definition) is 2. The highest BCUT2D eigenvalue weighted by Gasteiger charge is 2.08. The van der Waals surface area contributed by atoms with E-state index < -0.39 is 0 Å². The van der Waals surface area contributed by atoms with Gasteiger partial charge in [-0.15, -0.1) is 0 Å². The standard InChI is InChI=1S/C15H24Br2N2O/c1-12-14(17)13(2)19(15(20)18-12)11-9-7-5-3-4-6-8-10-16/h3-11H2,1-2H3. The molecule has 114 valence electrons. The molecule has 0 aromatic carbocycles. The molecule has 20 heavy (non-hydrogen) atoms. The summed E-state index contributed by atoms with van der Waals surface area (Å²) in [5.74, 6) is 0. The lowest BCUT2D eigenvalue weighted by Crippen LogP contribution is -2.26. The zero-order valence-electron chi connectivity index (χ0n) is 12.4. The van der Waals surface area contributed by atoms with Gasteiger partial charge in [0.25, 0.3) is 0 Å². The van der Waals surface area contributed by atoms with Crippen molar-refractivity contribution in [3.05, 3.63) is 26.3 Å². The quantitative estimate of drug-likeness (QED) is 0.437. The number of aryl methyl sites for hydroxylation is 1. The molecule has 0 fully saturated rings. The van der Waals surface area contributed by atoms with E-state index in [1.54, 1.807) is 4.57 Å². The van der Waals surface area contributed by atoms with Crippen molar-refractivity contribution in [1.82, 2.24) is 9.55 Å². The molecule has 0 radical (unpaired) electrons. The van der Waals surface area contributed by atoms with Crippen LogP contribution in [0.1, 0.15) is 56.3 Å². The van der Waals surface area contributed by atoms with E-state index in [9.17, 15) is 4.79 Å². The van der Waals surface area contributed by atoms with Crippen LogP contribution < -0.4 is 5.69 Å². The van der Waals surface area contributed by atoms with Crippen LogP contribution in [0.25, 0.3) is 0 Å². The highest BCUT2D eigenvalue weighted by molar-refractivity contribution is 9.10. The maximum Gasteiger partial charge on any atom is 0.348 e. The summed E-state index contributed by atoms with van der Waals surface area (Å²) in [6.07, 6.45) is 8.72. The number of alkyl halides is 1. The van der Waals surface area contributed by atoms with Crippen molar-refractivity contribution in [2.75, 3.05) is 5.33 Å². The van der Waals surface area contributed by atoms with Crippen molar-refractivity contribution >= 4 is 31.9 Å². The molecule has 0 aliphatic rings. The monoisotopic (exact) mass is 406 g/mol. The van der Waals surface area contributed by atoms with Crippen LogP contribution in [-0.2, 0) is 6.54 Å². The lowest BCUT2D eigenvalue weighted by molar-refractivity contribution is 0.529. The lowest BCUT2D eigenvalue weighted by Gasteiger charge is -2.11. The first-order valence-corrected chi connectivity index (χ1v) is 9.29. The molecule has 0 aliphatic carbocycles. The Balaban J connectivity index is 2.33. The Morgan fingerprint density at radius 3 is 2.15 bits per heavy atom. The molecular weight excluding hydrogens is 384 g/mol. The summed E-state index contributed by atoms with van der Waals surface area (Å²) < 4.78 is 2.73. The maximum atomic E-state index is 11.9. The molecule has 0 atom stereocenters. The van der Waals surface area contributed by atoms with Gasteiger partial charge in [0.15, 0.2) is 0 Å². The van der Waals surface area contributed by atoms with Gasteiger partial charge in [0.05, 0.1) is 10.2 Å². The zero-order valence-corrected chi connectivity index (χ0v) is 15.6. The van der Waals surface area contributed by atoms with Crippen LogP contribution in [0.15, 0.2) is 9.27 Å². The summed E-state index contributed by atoms with van der Waals surface area (Å²) >= 11 is 6.95. The summed E-state index contributed by atoms with van der Waals surface area (Å²) in [6.45, 7) is 4.61. The molecule has 0 N–H and O–H groups in total. The van der Waals surface area contributed by atoms with Crippen LogP contribution >= 0.6 is 31.9 Å². The fraction of sp³-hybridized carbons (Fsp3) is 0.733. The van der Waals surface area contributed by atoms with Gasteiger partial charge in [0, 0.05) is 17.6 Å². The van der Waals surface area contributed by atoms with Crippen molar-refractivity contribution in [2.24, 2.45) is 0 Å². The third kappa shape index (κ3) is 5.68. The Morgan fingerprint density at radius 2 is 1.55 bits per heavy atom. The second-order valence-electron chi connectivity index (χ2n) is 5.19. The van der Waals surface area contributed by atoms with Gasteiger partial charge in [-0.2, -0.15) is 4.98 Å². The number of nitrogens with zero attached hydrogens (tertiary/aromatic N) is 2. The van der Waals surface area contributed by atoms with E-state index in [0.717, 1.165) is 34.2 Å². The highest BCUT2D eigenvalue weighted by atomic mass is 79.9. The molecule has 0 bridgehead atoms. The van der Waals surface area contributed by atoms with Crippen molar-refractivity contribution in [3.8, 4) is 0 Å². The minimum Gasteiger partial charge on any atom is -0.295 e. The normalized spacial score (nSPS) is 11.0. The van der Waals surface area contributed by atoms with Gasteiger partial charge in [-0.3, -0.25) is 4.57 Å². The van der Waals surface area contributed by atoms with Crippen LogP contribution in [0.5, 0.6) is 0 Å². The predicted molar refractivity (Wildman–Crippen MR) is 91.8 cm³/mol. The van der Waals surface area contributed by atoms with Crippen LogP contribution in [0.2, 0.25) is 0 Å². The largest absolute Gasteiger partial charge is 0.348 e. The van der Waals surface area contributed by atoms with Gasteiger partial charge < -0.3 is 0 Å². The first kappa shape index (κ1) is 17.9. The fourth-order valence-corrected chi connectivity index (χ4v) is 2.99. The van der Waals surface area contributed by atoms with E-state index in [2.05, 4.69) is 36.8 Å². The fourth-order valence-electron chi connectivity index (χ4n) is 2.29. The smallest absolute Gasteiger partial charge is 0.295 e. The summed E-state index contributed by atoms with van der Waals surface area (Å²) in [5.41, 5.74) is 1.64. The molecule has 0 saturated carbocycles. The molecule has 0 saturated heterocycles. The highest BCUT2D eigenvalue weighted by Crippen LogP contribution is 2.17. The molecule has 0 spiro atoms. The van der Waals surface area contributed by atoms with E-state index >= 15 is 0 Å². The minimum atomic E-state index is -0.125. The topological polar surface area (TPSA) is 34.9 Å². The first-order chi connectivity index (χ1) is 9.57. The molecule has 1 aromatic heterocycles. The number of aromatic nitrogens is 2. The minimum absolute atomic E-state index is 0.125. The van der Waals surface area contributed by atoms with Gasteiger partial charge in [0.2, 0.25) is 0 Å². The number of hydrogen-bond donors (Lipinski definition) is 0. The molecule has 1 heterocycles. The first-order valence-electron chi connectivity index (χ1n) is 7.37. The summed E-state index contributed by atoms with van der Waals surface area (Å²) in [5, 5.41) is 1.12. The molecule has 1 rings (SSSR count). The molecule has 1 aromatic rings. The second kappa shape index (κ2) is 9.72. The molecule has 0 unspecified atom stereocenters. The van der Waals surface area contributed by atoms with Crippen molar-refractivity contribution in [2.45, 2.75) is 65.3 Å². The Hall–Kier alpha value is -0.160. The van der Waals surface area contributed by atoms with Crippen molar-refractivity contribution < 1.29 is 0 Å². The SMILES string of the molecule is Cc1nc(=O)n(CCCCCCCCCBr)c(C)c1Br. The Kier molecular flexibility index (Phi) is 8.69. The zero-order chi connectivity index (χ0) is 15.0. The molecule has 5 heteroatoms. The van der Waals surface area contributed by atoms with Gasteiger partial charge in [-0.25, -0.2) is 4.79 Å². The summed E-state index contributed by atoms with van der Waals surface area (Å²) in [4.78, 5) is 15.9. The molecule has 0 aliphatic heterocycles. The predicted octanol–water partition coefficient (Wildman–Crippen LogP) is 4.75. The third-order valence-electron chi connectivity index (χ3n) is 3.55. The van der Waals surface area contributed by atoms with Crippen LogP contribution in [0.3, 0.4) is 0 Å². The lowest BCUT2D eigenvalue weighted by atomic mass is 10.1. The molecular formula is C15H24Br2N2O. The molecule has 0 amide bonds. The van der Waals surface area contributed by atoms with Gasteiger partial charge in [-0.1, -0.05) is 48.0 Å². The third-order valence-corrected chi connectivity index (χ3v) is 5.26. The van der Waals surface area contributed by atoms with E-state index in [1.807, 2.05) is 13.8 Å². The van der Waals surface area contributed by atoms with E-state index in [-0.39, 0.29) is 5.69 Å². The van der Waals surface area contributed by atoms with E-state index in [0.29, 0.717) is 0 Å². The number of unbranched alkanes of at least 4 members (excludes halogenated alkanes) is 6. The molecule has 3 nitrogen and oxygen atoms in total. The number of rotatable bonds is 9. The van der Waals surface area contributed by atoms with Crippen molar-refractivity contribution in [1.29, 1.82) is 0 Å². The Labute approximate surface area is 138 Å². The maximum absolute atomic E-state index is 11.9. The second-order valence-corrected chi connectivity index (χ2v) is 6.78. The Morgan fingerprint density at radius 1 is 1.00 bits per heavy atom. The summed E-state index contributed by atoms with van der Waals surface area (Å²) in [6, 6.07) is 0.